The van der Waals surface area contributed by atoms with Gasteiger partial charge in [0.2, 0.25) is 0 Å². The number of fused-ring (bicyclic) bond motifs is 3. The molecule has 0 N–H and O–H groups in total. The Kier molecular flexibility index (Phi) is 16.6. The minimum absolute atomic E-state index is 0.203. The molecule has 1 saturated carbocycles. The van der Waals surface area contributed by atoms with Crippen LogP contribution in [-0.4, -0.2) is 3.21 Å². The predicted octanol–water partition coefficient (Wildman–Crippen LogP) is 14.8. The first-order valence-corrected chi connectivity index (χ1v) is 20.7. The van der Waals surface area contributed by atoms with Crippen molar-refractivity contribution < 1.29 is 24.2 Å². The van der Waals surface area contributed by atoms with Gasteiger partial charge < -0.3 is 0 Å². The zero-order chi connectivity index (χ0) is 39.0. The zero-order valence-electron chi connectivity index (χ0n) is 33.6. The Hall–Kier alpha value is -4.19. The van der Waals surface area contributed by atoms with Crippen molar-refractivity contribution in [3.63, 3.8) is 0 Å². The van der Waals surface area contributed by atoms with E-state index in [9.17, 15) is 0 Å². The molecule has 8 rings (SSSR count). The largest absolute Gasteiger partial charge is 0.214 e. The van der Waals surface area contributed by atoms with Gasteiger partial charge in [0.1, 0.15) is 0 Å². The van der Waals surface area contributed by atoms with Crippen LogP contribution in [0.2, 0.25) is 0 Å². The second-order valence-electron chi connectivity index (χ2n) is 16.3. The van der Waals surface area contributed by atoms with E-state index < -0.39 is 0 Å². The van der Waals surface area contributed by atoms with Crippen molar-refractivity contribution in [3.05, 3.63) is 205 Å². The van der Waals surface area contributed by atoms with E-state index in [0.29, 0.717) is 0 Å². The van der Waals surface area contributed by atoms with Gasteiger partial charge in [-0.3, -0.25) is 0 Å². The maximum atomic E-state index is 3.72. The number of hydrogen-bond acceptors (Lipinski definition) is 0. The fraction of sp³-hybridized carbons (Fsp3) is 0.264. The minimum Gasteiger partial charge on any atom is -0.214 e. The summed E-state index contributed by atoms with van der Waals surface area (Å²) in [5, 5.41) is 5.48. The van der Waals surface area contributed by atoms with Crippen LogP contribution in [0.25, 0.3) is 21.5 Å². The van der Waals surface area contributed by atoms with Crippen molar-refractivity contribution in [2.45, 2.75) is 84.5 Å². The quantitative estimate of drug-likeness (QED) is 0.153. The molecule has 7 aromatic rings. The van der Waals surface area contributed by atoms with Gasteiger partial charge in [0.25, 0.3) is 0 Å². The predicted molar refractivity (Wildman–Crippen MR) is 235 cm³/mol. The van der Waals surface area contributed by atoms with E-state index >= 15 is 0 Å². The molecule has 280 valence electrons. The standard InChI is InChI=1S/C21H25.C13H16.2C7H7.C5H5.Zr/c1-20(2,3)16-7-9-18-14(12-16)11-15-13-17(21(4,5)6)8-10-19(15)18;1-3-7-12(8-4-1)11-13-9-5-2-6-10-13;2*1-7-5-3-2-4-6-7;1-2-4-5-3-1;/h7-13H,1-6H3;1,3-4,7-8,13H,2,5-6,9-10H2;2*2-6H,1H2;1-5H;/q-1;;3*-1;. The average Bonchev–Trinajstić information content (AvgIpc) is 3.88. The van der Waals surface area contributed by atoms with E-state index in [1.54, 1.807) is 27.4 Å². The molecule has 7 aromatic carbocycles. The van der Waals surface area contributed by atoms with Gasteiger partial charge in [-0.1, -0.05) is 89.1 Å². The van der Waals surface area contributed by atoms with E-state index in [4.69, 9.17) is 0 Å². The van der Waals surface area contributed by atoms with E-state index in [0.717, 1.165) is 17.0 Å². The molecule has 0 aromatic heterocycles. The topological polar surface area (TPSA) is 0 Å². The van der Waals surface area contributed by atoms with Gasteiger partial charge in [-0.05, 0) is 10.8 Å². The maximum Gasteiger partial charge on any atom is -0.172 e. The Morgan fingerprint density at radius 2 is 0.944 bits per heavy atom. The summed E-state index contributed by atoms with van der Waals surface area (Å²) in [5.41, 5.74) is 6.84. The van der Waals surface area contributed by atoms with Gasteiger partial charge >= 0.3 is 101 Å². The second-order valence-corrected chi connectivity index (χ2v) is 17.6. The molecule has 0 aliphatic heterocycles. The van der Waals surface area contributed by atoms with Crippen LogP contribution >= 0.6 is 0 Å². The van der Waals surface area contributed by atoms with Gasteiger partial charge in [0.15, 0.2) is 0 Å². The summed E-state index contributed by atoms with van der Waals surface area (Å²) in [5.74, 6) is 0.893. The van der Waals surface area contributed by atoms with E-state index in [1.807, 2.05) is 91.0 Å². The molecule has 0 atom stereocenters. The van der Waals surface area contributed by atoms with Crippen molar-refractivity contribution in [2.24, 2.45) is 5.92 Å². The summed E-state index contributed by atoms with van der Waals surface area (Å²) in [6, 6.07) is 56.9. The SMILES string of the molecule is CC(C)(C)c1ccc2c(c1)[cH-]c1cc(C(C)(C)C)ccc12.[CH2-]c1ccccc1.[CH2-]c1ccccc1.[Zr]=[C](c1ccccc1)C1CCCCC1.c1cc[cH-]c1. The summed E-state index contributed by atoms with van der Waals surface area (Å²) in [7, 11) is 0. The Bertz CT molecular complexity index is 1940. The van der Waals surface area contributed by atoms with Crippen LogP contribution in [0, 0.1) is 19.8 Å². The van der Waals surface area contributed by atoms with Gasteiger partial charge in [-0.25, -0.2) is 12.1 Å². The first-order valence-electron chi connectivity index (χ1n) is 19.5. The smallest absolute Gasteiger partial charge is 0.172 e. The fourth-order valence-corrected chi connectivity index (χ4v) is 7.60. The summed E-state index contributed by atoms with van der Waals surface area (Å²) in [4.78, 5) is 0. The van der Waals surface area contributed by atoms with Crippen LogP contribution < -0.4 is 0 Å². The van der Waals surface area contributed by atoms with Crippen LogP contribution in [0.3, 0.4) is 0 Å². The van der Waals surface area contributed by atoms with E-state index in [1.165, 1.54) is 70.3 Å². The molecular formula is C53H60Zr-4. The molecule has 0 saturated heterocycles. The molecular weight excluding hydrogens is 728 g/mol. The minimum atomic E-state index is 0.203. The van der Waals surface area contributed by atoms with Crippen molar-refractivity contribution in [1.29, 1.82) is 0 Å². The molecule has 0 radical (unpaired) electrons. The summed E-state index contributed by atoms with van der Waals surface area (Å²) in [6.07, 6.45) is 7.18. The zero-order valence-corrected chi connectivity index (χ0v) is 36.1. The Balaban J connectivity index is 0.000000168. The maximum absolute atomic E-state index is 3.72. The van der Waals surface area contributed by atoms with Gasteiger partial charge in [0.05, 0.1) is 0 Å². The molecule has 54 heavy (non-hydrogen) atoms. The van der Waals surface area contributed by atoms with Crippen LogP contribution in [0.5, 0.6) is 0 Å². The molecule has 0 spiro atoms. The molecule has 0 nitrogen and oxygen atoms in total. The van der Waals surface area contributed by atoms with E-state index in [-0.39, 0.29) is 10.8 Å². The molecule has 1 fully saturated rings. The van der Waals surface area contributed by atoms with Crippen molar-refractivity contribution in [3.8, 4) is 0 Å². The van der Waals surface area contributed by atoms with Gasteiger partial charge in [-0.15, -0.1) is 64.0 Å². The normalized spacial score (nSPS) is 12.8. The summed E-state index contributed by atoms with van der Waals surface area (Å²) in [6.45, 7) is 21.1. The fourth-order valence-electron chi connectivity index (χ4n) is 6.48. The van der Waals surface area contributed by atoms with Crippen LogP contribution in [0.1, 0.15) is 101 Å². The van der Waals surface area contributed by atoms with Crippen LogP contribution in [-0.2, 0) is 35.1 Å². The third-order valence-corrected chi connectivity index (χ3v) is 11.5. The molecule has 0 bridgehead atoms. The molecule has 0 unspecified atom stereocenters. The van der Waals surface area contributed by atoms with Crippen molar-refractivity contribution >= 4 is 24.8 Å². The van der Waals surface area contributed by atoms with Crippen molar-refractivity contribution in [1.82, 2.24) is 0 Å². The first kappa shape index (κ1) is 42.6. The molecule has 0 amide bonds. The van der Waals surface area contributed by atoms with Crippen molar-refractivity contribution in [2.75, 3.05) is 0 Å². The summed E-state index contributed by atoms with van der Waals surface area (Å²) >= 11 is 1.61. The Labute approximate surface area is 342 Å². The number of rotatable bonds is 2. The average molecular weight is 788 g/mol. The molecule has 1 heteroatoms. The molecule has 1 aliphatic rings. The number of benzene rings is 5. The van der Waals surface area contributed by atoms with Crippen LogP contribution in [0.4, 0.5) is 0 Å². The Morgan fingerprint density at radius 1 is 0.537 bits per heavy atom. The second kappa shape index (κ2) is 21.0. The van der Waals surface area contributed by atoms with Gasteiger partial charge in [0, 0.05) is 0 Å². The third kappa shape index (κ3) is 13.9. The monoisotopic (exact) mass is 786 g/mol. The molecule has 0 heterocycles. The first-order chi connectivity index (χ1) is 25.8. The van der Waals surface area contributed by atoms with E-state index in [2.05, 4.69) is 128 Å². The number of hydrogen-bond donors (Lipinski definition) is 0. The van der Waals surface area contributed by atoms with Gasteiger partial charge in [-0.2, -0.15) is 67.4 Å². The molecule has 1 aliphatic carbocycles. The summed E-state index contributed by atoms with van der Waals surface area (Å²) < 4.78 is 1.69. The third-order valence-electron chi connectivity index (χ3n) is 9.78. The van der Waals surface area contributed by atoms with Crippen LogP contribution in [0.15, 0.2) is 164 Å². The Morgan fingerprint density at radius 3 is 1.28 bits per heavy atom.